The summed E-state index contributed by atoms with van der Waals surface area (Å²) in [5, 5.41) is 0. The van der Waals surface area contributed by atoms with E-state index in [0.717, 1.165) is 0 Å². The number of halogens is 2. The van der Waals surface area contributed by atoms with E-state index >= 15 is 0 Å². The molecule has 0 unspecified atom stereocenters. The summed E-state index contributed by atoms with van der Waals surface area (Å²) in [7, 11) is 0. The van der Waals surface area contributed by atoms with Crippen molar-refractivity contribution in [1.82, 2.24) is 0 Å². The first-order chi connectivity index (χ1) is 7.09. The summed E-state index contributed by atoms with van der Waals surface area (Å²) in [4.78, 5) is 0. The molecule has 0 aromatic rings. The number of hydrogen-bond acceptors (Lipinski definition) is 0. The zero-order valence-electron chi connectivity index (χ0n) is 10.9. The molecular weight excluding hydrogens is 330 g/mol. The Labute approximate surface area is 129 Å². The summed E-state index contributed by atoms with van der Waals surface area (Å²) in [5.74, 6) is 0. The Morgan fingerprint density at radius 2 is 1.12 bits per heavy atom. The van der Waals surface area contributed by atoms with Crippen LogP contribution in [-0.2, 0) is 23.2 Å². The Hall–Kier alpha value is 0.423. The monoisotopic (exact) mass is 348 g/mol. The fourth-order valence-electron chi connectivity index (χ4n) is 2.07. The minimum atomic E-state index is -0.438. The van der Waals surface area contributed by atoms with Crippen molar-refractivity contribution in [2.24, 2.45) is 0 Å². The first-order valence-electron chi connectivity index (χ1n) is 5.60. The summed E-state index contributed by atoms with van der Waals surface area (Å²) >= 11 is -0.438. The minimum absolute atomic E-state index is 0. The fourth-order valence-corrected chi connectivity index (χ4v) is 5.86. The van der Waals surface area contributed by atoms with Crippen LogP contribution in [-0.4, -0.2) is 0 Å². The van der Waals surface area contributed by atoms with Crippen LogP contribution in [0.2, 0.25) is 0 Å². The van der Waals surface area contributed by atoms with Crippen LogP contribution in [0.25, 0.3) is 0 Å². The second kappa shape index (κ2) is 7.12. The van der Waals surface area contributed by atoms with Gasteiger partial charge in [-0.25, -0.2) is 0 Å². The van der Waals surface area contributed by atoms with Crippen LogP contribution in [0.15, 0.2) is 41.0 Å². The molecular formula is C14H20Cl2Zr. The Morgan fingerprint density at radius 3 is 1.35 bits per heavy atom. The number of allylic oxidation sites excluding steroid dienone is 8. The van der Waals surface area contributed by atoms with Gasteiger partial charge in [-0.3, -0.25) is 0 Å². The van der Waals surface area contributed by atoms with E-state index in [-0.39, 0.29) is 24.8 Å². The van der Waals surface area contributed by atoms with Crippen LogP contribution < -0.4 is 0 Å². The molecule has 2 rings (SSSR count). The Bertz CT molecular complexity index is 386. The molecule has 0 saturated carbocycles. The van der Waals surface area contributed by atoms with E-state index in [4.69, 9.17) is 0 Å². The summed E-state index contributed by atoms with van der Waals surface area (Å²) in [6.07, 6.45) is 7.30. The largest absolute Gasteiger partial charge is 0.147 e. The van der Waals surface area contributed by atoms with Crippen molar-refractivity contribution in [3.8, 4) is 0 Å². The molecule has 0 N–H and O–H groups in total. The van der Waals surface area contributed by atoms with Gasteiger partial charge in [0.15, 0.2) is 0 Å². The third kappa shape index (κ3) is 3.69. The predicted octanol–water partition coefficient (Wildman–Crippen LogP) is 5.16. The summed E-state index contributed by atoms with van der Waals surface area (Å²) in [6, 6.07) is 0. The molecule has 0 nitrogen and oxygen atoms in total. The summed E-state index contributed by atoms with van der Waals surface area (Å²) < 4.78 is 3.60. The van der Waals surface area contributed by atoms with Crippen LogP contribution >= 0.6 is 24.8 Å². The molecule has 2 aliphatic rings. The Balaban J connectivity index is 0.00000128. The van der Waals surface area contributed by atoms with E-state index in [1.165, 1.54) is 24.0 Å². The molecule has 0 heterocycles. The van der Waals surface area contributed by atoms with Crippen molar-refractivity contribution in [1.29, 1.82) is 0 Å². The molecule has 0 radical (unpaired) electrons. The van der Waals surface area contributed by atoms with Gasteiger partial charge >= 0.3 is 105 Å². The van der Waals surface area contributed by atoms with Crippen LogP contribution in [0.3, 0.4) is 0 Å². The first kappa shape index (κ1) is 17.4. The van der Waals surface area contributed by atoms with Gasteiger partial charge < -0.3 is 0 Å². The molecule has 0 bridgehead atoms. The van der Waals surface area contributed by atoms with Crippen molar-refractivity contribution in [3.05, 3.63) is 41.0 Å². The average molecular weight is 350 g/mol. The van der Waals surface area contributed by atoms with E-state index in [9.17, 15) is 0 Å². The van der Waals surface area contributed by atoms with Gasteiger partial charge in [-0.1, -0.05) is 0 Å². The van der Waals surface area contributed by atoms with E-state index in [1.54, 1.807) is 17.7 Å². The van der Waals surface area contributed by atoms with Crippen molar-refractivity contribution < 1.29 is 23.2 Å². The molecule has 17 heavy (non-hydrogen) atoms. The molecule has 0 aromatic heterocycles. The zero-order valence-corrected chi connectivity index (χ0v) is 15.0. The molecule has 0 saturated heterocycles. The van der Waals surface area contributed by atoms with Crippen LogP contribution in [0.1, 0.15) is 40.5 Å². The van der Waals surface area contributed by atoms with Gasteiger partial charge in [-0.05, 0) is 0 Å². The predicted molar refractivity (Wildman–Crippen MR) is 76.6 cm³/mol. The quantitative estimate of drug-likeness (QED) is 0.645. The molecule has 2 aliphatic carbocycles. The van der Waals surface area contributed by atoms with Gasteiger partial charge in [0.25, 0.3) is 0 Å². The molecule has 0 atom stereocenters. The maximum absolute atomic E-state index is 2.40. The second-order valence-corrected chi connectivity index (χ2v) is 8.10. The van der Waals surface area contributed by atoms with Crippen molar-refractivity contribution >= 4 is 24.8 Å². The molecule has 3 heteroatoms. The van der Waals surface area contributed by atoms with Crippen LogP contribution in [0.5, 0.6) is 0 Å². The van der Waals surface area contributed by atoms with E-state index in [0.29, 0.717) is 0 Å². The third-order valence-electron chi connectivity index (χ3n) is 3.61. The van der Waals surface area contributed by atoms with Gasteiger partial charge in [-0.15, -0.1) is 24.8 Å². The second-order valence-electron chi connectivity index (χ2n) is 4.51. The van der Waals surface area contributed by atoms with E-state index in [1.807, 2.05) is 0 Å². The minimum Gasteiger partial charge on any atom is -0.147 e. The van der Waals surface area contributed by atoms with Gasteiger partial charge in [0.05, 0.1) is 0 Å². The SMILES string of the molecule is CC1=CC[C]([Zr][C]2=C(C)C(C)=CC2)=C1C.Cl.Cl. The molecule has 0 amide bonds. The molecule has 94 valence electrons. The standard InChI is InChI=1S/2C7H9.2ClH.Zr/c2*1-6-4-3-5-7(6)2;;;/h2*4H,3H2,1-2H3;2*1H;. The van der Waals surface area contributed by atoms with Crippen LogP contribution in [0, 0.1) is 0 Å². The fraction of sp³-hybridized carbons (Fsp3) is 0.429. The Morgan fingerprint density at radius 1 is 0.765 bits per heavy atom. The smallest absolute Gasteiger partial charge is 0.147 e. The van der Waals surface area contributed by atoms with E-state index in [2.05, 4.69) is 39.8 Å². The maximum Gasteiger partial charge on any atom is -0.147 e. The zero-order chi connectivity index (χ0) is 11.0. The topological polar surface area (TPSA) is 0 Å². The average Bonchev–Trinajstić information content (AvgIpc) is 2.68. The third-order valence-corrected chi connectivity index (χ3v) is 7.95. The molecule has 0 spiro atoms. The molecule has 0 fully saturated rings. The van der Waals surface area contributed by atoms with Gasteiger partial charge in [0, 0.05) is 0 Å². The number of rotatable bonds is 2. The van der Waals surface area contributed by atoms with Gasteiger partial charge in [0.2, 0.25) is 0 Å². The first-order valence-corrected chi connectivity index (χ1v) is 8.06. The van der Waals surface area contributed by atoms with Crippen molar-refractivity contribution in [2.45, 2.75) is 40.5 Å². The van der Waals surface area contributed by atoms with Gasteiger partial charge in [0.1, 0.15) is 0 Å². The van der Waals surface area contributed by atoms with E-state index < -0.39 is 23.2 Å². The summed E-state index contributed by atoms with van der Waals surface area (Å²) in [6.45, 7) is 9.11. The number of hydrogen-bond donors (Lipinski definition) is 0. The van der Waals surface area contributed by atoms with Crippen molar-refractivity contribution in [3.63, 3.8) is 0 Å². The van der Waals surface area contributed by atoms with Crippen molar-refractivity contribution in [2.75, 3.05) is 0 Å². The molecule has 0 aromatic carbocycles. The normalized spacial score (nSPS) is 18.6. The maximum atomic E-state index is 2.40. The van der Waals surface area contributed by atoms with Gasteiger partial charge in [-0.2, -0.15) is 0 Å². The Kier molecular flexibility index (Phi) is 7.30. The molecule has 0 aliphatic heterocycles. The van der Waals surface area contributed by atoms with Crippen LogP contribution in [0.4, 0.5) is 0 Å². The summed E-state index contributed by atoms with van der Waals surface area (Å²) in [5.41, 5.74) is 6.25.